The highest BCUT2D eigenvalue weighted by atomic mass is 16.5. The molecule has 0 radical (unpaired) electrons. The number of aliphatic carboxylic acids is 1. The van der Waals surface area contributed by atoms with E-state index >= 15 is 0 Å². The lowest BCUT2D eigenvalue weighted by Gasteiger charge is -2.32. The van der Waals surface area contributed by atoms with Crippen LogP contribution in [0.2, 0.25) is 0 Å². The van der Waals surface area contributed by atoms with Gasteiger partial charge in [0.15, 0.2) is 11.3 Å². The fourth-order valence-corrected chi connectivity index (χ4v) is 4.54. The first-order chi connectivity index (χ1) is 15.5. The molecule has 0 aliphatic heterocycles. The summed E-state index contributed by atoms with van der Waals surface area (Å²) in [7, 11) is 1.60. The number of hydrogen-bond acceptors (Lipinski definition) is 7. The summed E-state index contributed by atoms with van der Waals surface area (Å²) in [5.41, 5.74) is 3.23. The maximum Gasteiger partial charge on any atom is 0.322 e. The average molecular weight is 428 g/mol. The number of aryl methyl sites for hydroxylation is 1. The zero-order valence-corrected chi connectivity index (χ0v) is 17.4. The molecule has 0 bridgehead atoms. The van der Waals surface area contributed by atoms with Crippen LogP contribution >= 0.6 is 0 Å². The Kier molecular flexibility index (Phi) is 4.67. The van der Waals surface area contributed by atoms with Crippen LogP contribution in [0.4, 0.5) is 5.95 Å². The Morgan fingerprint density at radius 2 is 2.19 bits per heavy atom. The number of hydrogen-bond donors (Lipinski definition) is 2. The van der Waals surface area contributed by atoms with Crippen molar-refractivity contribution in [3.63, 3.8) is 0 Å². The van der Waals surface area contributed by atoms with E-state index in [0.29, 0.717) is 30.6 Å². The molecule has 0 saturated heterocycles. The van der Waals surface area contributed by atoms with Gasteiger partial charge in [0.25, 0.3) is 0 Å². The number of fused-ring (bicyclic) bond motifs is 4. The van der Waals surface area contributed by atoms with Crippen molar-refractivity contribution in [1.29, 1.82) is 5.26 Å². The highest BCUT2D eigenvalue weighted by Gasteiger charge is 2.39. The minimum absolute atomic E-state index is 0.252. The lowest BCUT2D eigenvalue weighted by molar-refractivity contribution is -0.134. The van der Waals surface area contributed by atoms with Gasteiger partial charge in [-0.3, -0.25) is 4.79 Å². The van der Waals surface area contributed by atoms with Crippen LogP contribution < -0.4 is 10.1 Å². The number of carboxylic acid groups (broad SMARTS) is 1. The average Bonchev–Trinajstić information content (AvgIpc) is 3.21. The SMILES string of the molecule is COc1ccc(C2(C#N)CCc3nc(NCC(=O)O)ncc3C2)c2c1oc1ccccc12. The molecule has 0 spiro atoms. The summed E-state index contributed by atoms with van der Waals surface area (Å²) >= 11 is 0. The molecule has 2 N–H and O–H groups in total. The fraction of sp³-hybridized carbons (Fsp3) is 0.250. The summed E-state index contributed by atoms with van der Waals surface area (Å²) in [6.07, 6.45) is 3.30. The first-order valence-corrected chi connectivity index (χ1v) is 10.2. The van der Waals surface area contributed by atoms with Crippen molar-refractivity contribution in [2.45, 2.75) is 24.7 Å². The van der Waals surface area contributed by atoms with Gasteiger partial charge in [0.05, 0.1) is 18.6 Å². The number of benzene rings is 2. The normalized spacial score (nSPS) is 17.6. The number of aromatic nitrogens is 2. The second-order valence-electron chi connectivity index (χ2n) is 7.90. The number of nitriles is 1. The van der Waals surface area contributed by atoms with Gasteiger partial charge in [0.1, 0.15) is 12.1 Å². The van der Waals surface area contributed by atoms with E-state index in [2.05, 4.69) is 21.4 Å². The Morgan fingerprint density at radius 1 is 1.34 bits per heavy atom. The quantitative estimate of drug-likeness (QED) is 0.492. The Hall–Kier alpha value is -4.12. The van der Waals surface area contributed by atoms with E-state index in [0.717, 1.165) is 33.2 Å². The monoisotopic (exact) mass is 428 g/mol. The number of ether oxygens (including phenoxy) is 1. The molecule has 1 aliphatic rings. The van der Waals surface area contributed by atoms with Gasteiger partial charge in [0, 0.05) is 22.7 Å². The Morgan fingerprint density at radius 3 is 2.97 bits per heavy atom. The van der Waals surface area contributed by atoms with Crippen LogP contribution in [0.1, 0.15) is 23.2 Å². The van der Waals surface area contributed by atoms with Gasteiger partial charge in [-0.25, -0.2) is 9.97 Å². The molecular formula is C24H20N4O4. The van der Waals surface area contributed by atoms with Crippen LogP contribution in [0.15, 0.2) is 47.0 Å². The van der Waals surface area contributed by atoms with E-state index in [1.54, 1.807) is 13.3 Å². The molecule has 160 valence electrons. The van der Waals surface area contributed by atoms with Crippen molar-refractivity contribution in [3.05, 3.63) is 59.4 Å². The fourth-order valence-electron chi connectivity index (χ4n) is 4.54. The van der Waals surface area contributed by atoms with Gasteiger partial charge >= 0.3 is 5.97 Å². The van der Waals surface area contributed by atoms with Crippen LogP contribution in [0.25, 0.3) is 21.9 Å². The molecule has 0 amide bonds. The molecule has 8 heteroatoms. The summed E-state index contributed by atoms with van der Waals surface area (Å²) in [5, 5.41) is 23.8. The van der Waals surface area contributed by atoms with Crippen LogP contribution in [0, 0.1) is 11.3 Å². The molecule has 2 aromatic heterocycles. The second kappa shape index (κ2) is 7.54. The maximum atomic E-state index is 10.8. The van der Waals surface area contributed by atoms with Crippen molar-refractivity contribution in [2.75, 3.05) is 19.0 Å². The minimum Gasteiger partial charge on any atom is -0.493 e. The lowest BCUT2D eigenvalue weighted by atomic mass is 9.68. The molecule has 0 saturated carbocycles. The minimum atomic E-state index is -0.981. The van der Waals surface area contributed by atoms with E-state index in [1.165, 1.54) is 0 Å². The number of nitrogens with zero attached hydrogens (tertiary/aromatic N) is 3. The number of carboxylic acids is 1. The van der Waals surface area contributed by atoms with E-state index in [1.807, 2.05) is 36.4 Å². The highest BCUT2D eigenvalue weighted by molar-refractivity contribution is 6.09. The van der Waals surface area contributed by atoms with Crippen LogP contribution in [0.3, 0.4) is 0 Å². The zero-order valence-electron chi connectivity index (χ0n) is 17.4. The predicted octanol–water partition coefficient (Wildman–Crippen LogP) is 3.83. The van der Waals surface area contributed by atoms with E-state index < -0.39 is 11.4 Å². The third-order valence-corrected chi connectivity index (χ3v) is 6.07. The smallest absolute Gasteiger partial charge is 0.322 e. The van der Waals surface area contributed by atoms with Crippen LogP contribution in [0.5, 0.6) is 5.75 Å². The first kappa shape index (κ1) is 19.8. The molecule has 32 heavy (non-hydrogen) atoms. The third-order valence-electron chi connectivity index (χ3n) is 6.07. The molecule has 5 rings (SSSR count). The molecule has 0 fully saturated rings. The van der Waals surface area contributed by atoms with E-state index in [-0.39, 0.29) is 12.5 Å². The van der Waals surface area contributed by atoms with E-state index in [4.69, 9.17) is 14.3 Å². The molecule has 2 heterocycles. The molecule has 1 unspecified atom stereocenters. The van der Waals surface area contributed by atoms with Crippen LogP contribution in [-0.4, -0.2) is 34.7 Å². The highest BCUT2D eigenvalue weighted by Crippen LogP contribution is 2.45. The third kappa shape index (κ3) is 3.10. The van der Waals surface area contributed by atoms with Gasteiger partial charge in [-0.1, -0.05) is 24.3 Å². The summed E-state index contributed by atoms with van der Waals surface area (Å²) in [4.78, 5) is 19.5. The Labute approximate surface area is 183 Å². The number of rotatable bonds is 5. The van der Waals surface area contributed by atoms with Crippen molar-refractivity contribution in [3.8, 4) is 11.8 Å². The predicted molar refractivity (Wildman–Crippen MR) is 118 cm³/mol. The molecule has 1 atom stereocenters. The number of carbonyl (C=O) groups is 1. The number of furan rings is 1. The van der Waals surface area contributed by atoms with Gasteiger partial charge in [-0.15, -0.1) is 0 Å². The summed E-state index contributed by atoms with van der Waals surface area (Å²) in [6, 6.07) is 14.2. The summed E-state index contributed by atoms with van der Waals surface area (Å²) in [6.45, 7) is -0.252. The summed E-state index contributed by atoms with van der Waals surface area (Å²) in [5.74, 6) is -0.0734. The van der Waals surface area contributed by atoms with Crippen molar-refractivity contribution in [1.82, 2.24) is 9.97 Å². The summed E-state index contributed by atoms with van der Waals surface area (Å²) < 4.78 is 11.6. The largest absolute Gasteiger partial charge is 0.493 e. The molecule has 2 aromatic carbocycles. The van der Waals surface area contributed by atoms with Gasteiger partial charge in [-0.2, -0.15) is 5.26 Å². The zero-order chi connectivity index (χ0) is 22.3. The Bertz CT molecular complexity index is 1400. The number of anilines is 1. The van der Waals surface area contributed by atoms with Crippen molar-refractivity contribution >= 4 is 33.9 Å². The van der Waals surface area contributed by atoms with E-state index in [9.17, 15) is 10.1 Å². The number of nitrogens with one attached hydrogen (secondary N) is 1. The lowest BCUT2D eigenvalue weighted by Crippen LogP contribution is -2.33. The standard InChI is InChI=1S/C24H20N4O4/c1-31-19-7-6-16(21-15-4-2-3-5-18(15)32-22(19)21)24(13-25)9-8-17-14(10-24)11-26-23(28-17)27-12-20(29)30/h2-7,11H,8-10,12H2,1H3,(H,29,30)(H,26,27,28). The molecule has 8 nitrogen and oxygen atoms in total. The molecule has 1 aliphatic carbocycles. The van der Waals surface area contributed by atoms with Crippen molar-refractivity contribution < 1.29 is 19.1 Å². The first-order valence-electron chi connectivity index (χ1n) is 10.2. The van der Waals surface area contributed by atoms with Crippen molar-refractivity contribution in [2.24, 2.45) is 0 Å². The van der Waals surface area contributed by atoms with Gasteiger partial charge in [-0.05, 0) is 42.5 Å². The van der Waals surface area contributed by atoms with Crippen LogP contribution in [-0.2, 0) is 23.1 Å². The number of para-hydroxylation sites is 1. The molecule has 4 aromatic rings. The van der Waals surface area contributed by atoms with Gasteiger partial charge in [0.2, 0.25) is 5.95 Å². The second-order valence-corrected chi connectivity index (χ2v) is 7.90. The maximum absolute atomic E-state index is 10.8. The van der Waals surface area contributed by atoms with Gasteiger partial charge < -0.3 is 19.6 Å². The Balaban J connectivity index is 1.62. The number of methoxy groups -OCH3 is 1. The molecular weight excluding hydrogens is 408 g/mol. The topological polar surface area (TPSA) is 121 Å².